The summed E-state index contributed by atoms with van der Waals surface area (Å²) in [5, 5.41) is 4.14. The van der Waals surface area contributed by atoms with Gasteiger partial charge in [0.05, 0.1) is 25.8 Å². The van der Waals surface area contributed by atoms with Crippen LogP contribution < -0.4 is 0 Å². The lowest BCUT2D eigenvalue weighted by Crippen LogP contribution is -2.50. The molecule has 1 aromatic heterocycles. The highest BCUT2D eigenvalue weighted by atomic mass is 19.1. The molecule has 0 radical (unpaired) electrons. The summed E-state index contributed by atoms with van der Waals surface area (Å²) in [6, 6.07) is 1.52. The van der Waals surface area contributed by atoms with Gasteiger partial charge in [-0.2, -0.15) is 5.10 Å². The Balaban J connectivity index is 1.60. The van der Waals surface area contributed by atoms with Crippen LogP contribution >= 0.6 is 0 Å². The van der Waals surface area contributed by atoms with Crippen molar-refractivity contribution >= 4 is 5.91 Å². The molecule has 21 heavy (non-hydrogen) atoms. The minimum Gasteiger partial charge on any atom is -0.378 e. The molecule has 1 amide bonds. The molecule has 0 unspecified atom stereocenters. The fourth-order valence-corrected chi connectivity index (χ4v) is 3.01. The molecular formula is C14H21FN4O2. The predicted octanol–water partition coefficient (Wildman–Crippen LogP) is 0.154. The van der Waals surface area contributed by atoms with Gasteiger partial charge in [-0.25, -0.2) is 4.39 Å². The fourth-order valence-electron chi connectivity index (χ4n) is 3.01. The summed E-state index contributed by atoms with van der Waals surface area (Å²) in [6.07, 6.45) is 2.98. The van der Waals surface area contributed by atoms with Gasteiger partial charge in [-0.05, 0) is 6.07 Å². The maximum absolute atomic E-state index is 13.8. The van der Waals surface area contributed by atoms with Crippen molar-refractivity contribution in [3.05, 3.63) is 18.5 Å². The molecule has 0 saturated carbocycles. The molecule has 0 N–H and O–H groups in total. The van der Waals surface area contributed by atoms with Crippen LogP contribution in [0, 0.1) is 0 Å². The molecule has 0 bridgehead atoms. The van der Waals surface area contributed by atoms with E-state index in [0.717, 1.165) is 0 Å². The maximum atomic E-state index is 13.8. The van der Waals surface area contributed by atoms with E-state index >= 15 is 0 Å². The third-order valence-corrected chi connectivity index (χ3v) is 4.14. The second kappa shape index (κ2) is 6.53. The van der Waals surface area contributed by atoms with Gasteiger partial charge in [0.25, 0.3) is 0 Å². The van der Waals surface area contributed by atoms with E-state index < -0.39 is 6.17 Å². The van der Waals surface area contributed by atoms with Crippen LogP contribution in [0.2, 0.25) is 0 Å². The lowest BCUT2D eigenvalue weighted by Gasteiger charge is -2.32. The minimum atomic E-state index is -0.919. The third kappa shape index (κ3) is 3.41. The van der Waals surface area contributed by atoms with E-state index in [1.54, 1.807) is 11.1 Å². The van der Waals surface area contributed by atoms with Gasteiger partial charge >= 0.3 is 0 Å². The van der Waals surface area contributed by atoms with Crippen molar-refractivity contribution in [2.45, 2.75) is 25.2 Å². The molecule has 2 aliphatic rings. The number of amides is 1. The summed E-state index contributed by atoms with van der Waals surface area (Å²) in [7, 11) is 0. The average molecular weight is 296 g/mol. The van der Waals surface area contributed by atoms with Crippen LogP contribution in [-0.2, 0) is 16.1 Å². The van der Waals surface area contributed by atoms with E-state index in [1.807, 2.05) is 21.8 Å². The molecule has 2 atom stereocenters. The second-order valence-corrected chi connectivity index (χ2v) is 5.55. The van der Waals surface area contributed by atoms with Gasteiger partial charge in [-0.3, -0.25) is 14.4 Å². The third-order valence-electron chi connectivity index (χ3n) is 4.14. The molecule has 2 saturated heterocycles. The number of likely N-dealkylation sites (tertiary alicyclic amines) is 1. The number of hydrogen-bond acceptors (Lipinski definition) is 4. The van der Waals surface area contributed by atoms with E-state index in [-0.39, 0.29) is 11.9 Å². The van der Waals surface area contributed by atoms with Gasteiger partial charge in [-0.1, -0.05) is 0 Å². The molecule has 3 rings (SSSR count). The average Bonchev–Trinajstić information content (AvgIpc) is 3.14. The highest BCUT2D eigenvalue weighted by Gasteiger charge is 2.38. The number of ether oxygens (including phenoxy) is 1. The normalized spacial score (nSPS) is 27.2. The van der Waals surface area contributed by atoms with Gasteiger partial charge in [0.15, 0.2) is 0 Å². The van der Waals surface area contributed by atoms with Gasteiger partial charge in [0.2, 0.25) is 5.91 Å². The van der Waals surface area contributed by atoms with E-state index in [0.29, 0.717) is 52.4 Å². The molecular weight excluding hydrogens is 275 g/mol. The minimum absolute atomic E-state index is 0.0407. The van der Waals surface area contributed by atoms with E-state index in [2.05, 4.69) is 5.10 Å². The van der Waals surface area contributed by atoms with Crippen molar-refractivity contribution in [1.29, 1.82) is 0 Å². The first-order valence-corrected chi connectivity index (χ1v) is 7.46. The zero-order valence-electron chi connectivity index (χ0n) is 12.0. The van der Waals surface area contributed by atoms with Gasteiger partial charge < -0.3 is 9.64 Å². The van der Waals surface area contributed by atoms with Gasteiger partial charge in [0.1, 0.15) is 6.17 Å². The number of carbonyl (C=O) groups excluding carboxylic acids is 1. The van der Waals surface area contributed by atoms with Crippen molar-refractivity contribution in [2.24, 2.45) is 0 Å². The molecule has 2 fully saturated rings. The Hall–Kier alpha value is -1.47. The fraction of sp³-hybridized carbons (Fsp3) is 0.714. The summed E-state index contributed by atoms with van der Waals surface area (Å²) in [5.74, 6) is 0.0407. The Kier molecular flexibility index (Phi) is 4.50. The summed E-state index contributed by atoms with van der Waals surface area (Å²) in [5.41, 5.74) is 0. The van der Waals surface area contributed by atoms with Gasteiger partial charge in [-0.15, -0.1) is 0 Å². The summed E-state index contributed by atoms with van der Waals surface area (Å²) in [4.78, 5) is 16.3. The Bertz CT molecular complexity index is 462. The van der Waals surface area contributed by atoms with Crippen molar-refractivity contribution < 1.29 is 13.9 Å². The molecule has 2 aliphatic heterocycles. The zero-order valence-corrected chi connectivity index (χ0v) is 12.0. The summed E-state index contributed by atoms with van der Waals surface area (Å²) >= 11 is 0. The van der Waals surface area contributed by atoms with Crippen LogP contribution in [-0.4, -0.2) is 77.1 Å². The number of nitrogens with zero attached hydrogens (tertiary/aromatic N) is 4. The maximum Gasteiger partial charge on any atom is 0.240 e. The highest BCUT2D eigenvalue weighted by Crippen LogP contribution is 2.22. The number of halogens is 1. The zero-order chi connectivity index (χ0) is 14.7. The SMILES string of the molecule is O=C([C@@H]1C[C@@H](F)CN1CCn1cccn1)N1CCOCC1. The lowest BCUT2D eigenvalue weighted by molar-refractivity contribution is -0.140. The molecule has 1 aromatic rings. The number of aromatic nitrogens is 2. The van der Waals surface area contributed by atoms with Crippen molar-refractivity contribution in [3.63, 3.8) is 0 Å². The van der Waals surface area contributed by atoms with Crippen LogP contribution in [0.15, 0.2) is 18.5 Å². The Morgan fingerprint density at radius 2 is 2.14 bits per heavy atom. The van der Waals surface area contributed by atoms with E-state index in [4.69, 9.17) is 4.74 Å². The number of carbonyl (C=O) groups is 1. The monoisotopic (exact) mass is 296 g/mol. The number of alkyl halides is 1. The first kappa shape index (κ1) is 14.5. The molecule has 7 heteroatoms. The number of rotatable bonds is 4. The first-order chi connectivity index (χ1) is 10.2. The number of hydrogen-bond donors (Lipinski definition) is 0. The summed E-state index contributed by atoms with van der Waals surface area (Å²) < 4.78 is 20.8. The van der Waals surface area contributed by atoms with Crippen molar-refractivity contribution in [2.75, 3.05) is 39.4 Å². The Morgan fingerprint density at radius 1 is 1.33 bits per heavy atom. The van der Waals surface area contributed by atoms with Crippen molar-refractivity contribution in [3.8, 4) is 0 Å². The van der Waals surface area contributed by atoms with E-state index in [1.165, 1.54) is 0 Å². The first-order valence-electron chi connectivity index (χ1n) is 7.46. The topological polar surface area (TPSA) is 50.6 Å². The Labute approximate surface area is 123 Å². The summed E-state index contributed by atoms with van der Waals surface area (Å²) in [6.45, 7) is 4.02. The van der Waals surface area contributed by atoms with Crippen molar-refractivity contribution in [1.82, 2.24) is 19.6 Å². The smallest absolute Gasteiger partial charge is 0.240 e. The van der Waals surface area contributed by atoms with E-state index in [9.17, 15) is 9.18 Å². The van der Waals surface area contributed by atoms with Crippen LogP contribution in [0.25, 0.3) is 0 Å². The Morgan fingerprint density at radius 3 is 2.86 bits per heavy atom. The molecule has 3 heterocycles. The molecule has 0 aliphatic carbocycles. The molecule has 6 nitrogen and oxygen atoms in total. The largest absolute Gasteiger partial charge is 0.378 e. The second-order valence-electron chi connectivity index (χ2n) is 5.55. The standard InChI is InChI=1S/C14H21FN4O2/c15-12-10-13(14(20)17-6-8-21-9-7-17)18(11-12)4-5-19-3-1-2-16-19/h1-3,12-13H,4-11H2/t12-,13+/m1/s1. The molecule has 0 spiro atoms. The number of morpholine rings is 1. The van der Waals surface area contributed by atoms with Crippen LogP contribution in [0.5, 0.6) is 0 Å². The van der Waals surface area contributed by atoms with Crippen LogP contribution in [0.1, 0.15) is 6.42 Å². The molecule has 0 aromatic carbocycles. The van der Waals surface area contributed by atoms with Gasteiger partial charge in [0, 0.05) is 45.0 Å². The highest BCUT2D eigenvalue weighted by molar-refractivity contribution is 5.82. The lowest BCUT2D eigenvalue weighted by atomic mass is 10.1. The van der Waals surface area contributed by atoms with Crippen LogP contribution in [0.4, 0.5) is 4.39 Å². The molecule has 116 valence electrons. The predicted molar refractivity (Wildman–Crippen MR) is 74.5 cm³/mol. The quantitative estimate of drug-likeness (QED) is 0.794. The van der Waals surface area contributed by atoms with Crippen LogP contribution in [0.3, 0.4) is 0 Å².